The van der Waals surface area contributed by atoms with Gasteiger partial charge >= 0.3 is 5.97 Å². The van der Waals surface area contributed by atoms with Gasteiger partial charge in [-0.3, -0.25) is 0 Å². The molecule has 1 heterocycles. The SMILES string of the molecule is O=C(O)c1cccc(S(=O)(=O)N2CCC[C@H](O)C2)c1. The van der Waals surface area contributed by atoms with Crippen LogP contribution in [0.15, 0.2) is 29.2 Å². The Morgan fingerprint density at radius 1 is 1.37 bits per heavy atom. The Morgan fingerprint density at radius 2 is 2.11 bits per heavy atom. The van der Waals surface area contributed by atoms with Crippen molar-refractivity contribution in [3.8, 4) is 0 Å². The number of piperidine rings is 1. The normalized spacial score (nSPS) is 21.2. The molecule has 1 aromatic rings. The molecule has 0 unspecified atom stereocenters. The molecule has 1 saturated heterocycles. The van der Waals surface area contributed by atoms with E-state index in [2.05, 4.69) is 0 Å². The zero-order valence-corrected chi connectivity index (χ0v) is 11.0. The second-order valence-electron chi connectivity index (χ2n) is 4.49. The number of β-amino-alcohol motifs (C(OH)–C–C–N with tert-alkyl or cyclic N) is 1. The fraction of sp³-hybridized carbons (Fsp3) is 0.417. The summed E-state index contributed by atoms with van der Waals surface area (Å²) >= 11 is 0. The molecule has 0 bridgehead atoms. The van der Waals surface area contributed by atoms with Crippen molar-refractivity contribution in [2.75, 3.05) is 13.1 Å². The molecule has 0 saturated carbocycles. The lowest BCUT2D eigenvalue weighted by Crippen LogP contribution is -2.42. The maximum atomic E-state index is 12.3. The second-order valence-corrected chi connectivity index (χ2v) is 6.43. The Labute approximate surface area is 111 Å². The van der Waals surface area contributed by atoms with Crippen molar-refractivity contribution in [3.05, 3.63) is 29.8 Å². The number of carboxylic acid groups (broad SMARTS) is 1. The van der Waals surface area contributed by atoms with Gasteiger partial charge in [-0.25, -0.2) is 13.2 Å². The first-order chi connectivity index (χ1) is 8.91. The molecule has 1 aliphatic heterocycles. The molecule has 0 aromatic heterocycles. The molecule has 0 spiro atoms. The van der Waals surface area contributed by atoms with Gasteiger partial charge in [0.05, 0.1) is 16.6 Å². The van der Waals surface area contributed by atoms with Crippen molar-refractivity contribution in [1.29, 1.82) is 0 Å². The first-order valence-corrected chi connectivity index (χ1v) is 7.37. The second kappa shape index (κ2) is 5.28. The summed E-state index contributed by atoms with van der Waals surface area (Å²) in [4.78, 5) is 10.8. The Morgan fingerprint density at radius 3 is 2.74 bits per heavy atom. The van der Waals surface area contributed by atoms with Crippen molar-refractivity contribution in [2.45, 2.75) is 23.8 Å². The summed E-state index contributed by atoms with van der Waals surface area (Å²) in [6.45, 7) is 0.399. The van der Waals surface area contributed by atoms with Gasteiger partial charge in [0.2, 0.25) is 10.0 Å². The number of aromatic carboxylic acids is 1. The summed E-state index contributed by atoms with van der Waals surface area (Å²) in [7, 11) is -3.74. The van der Waals surface area contributed by atoms with E-state index in [9.17, 15) is 18.3 Å². The highest BCUT2D eigenvalue weighted by atomic mass is 32.2. The molecule has 0 amide bonds. The highest BCUT2D eigenvalue weighted by molar-refractivity contribution is 7.89. The number of rotatable bonds is 3. The van der Waals surface area contributed by atoms with Crippen LogP contribution in [0, 0.1) is 0 Å². The minimum absolute atomic E-state index is 0.0542. The number of carbonyl (C=O) groups is 1. The zero-order valence-electron chi connectivity index (χ0n) is 10.2. The Bertz CT molecular complexity index is 584. The first kappa shape index (κ1) is 14.0. The van der Waals surface area contributed by atoms with Gasteiger partial charge in [0.15, 0.2) is 0 Å². The number of nitrogens with zero attached hydrogens (tertiary/aromatic N) is 1. The summed E-state index contributed by atoms with van der Waals surface area (Å²) < 4.78 is 25.9. The van der Waals surface area contributed by atoms with Gasteiger partial charge in [-0.1, -0.05) is 6.07 Å². The van der Waals surface area contributed by atoms with E-state index in [0.717, 1.165) is 6.07 Å². The summed E-state index contributed by atoms with van der Waals surface area (Å²) in [5.74, 6) is -1.17. The van der Waals surface area contributed by atoms with Gasteiger partial charge in [-0.15, -0.1) is 0 Å². The van der Waals surface area contributed by atoms with Crippen molar-refractivity contribution < 1.29 is 23.4 Å². The number of hydrogen-bond acceptors (Lipinski definition) is 4. The van der Waals surface area contributed by atoms with E-state index < -0.39 is 22.1 Å². The first-order valence-electron chi connectivity index (χ1n) is 5.93. The number of sulfonamides is 1. The van der Waals surface area contributed by atoms with E-state index >= 15 is 0 Å². The molecule has 2 rings (SSSR count). The fourth-order valence-corrected chi connectivity index (χ4v) is 3.64. The smallest absolute Gasteiger partial charge is 0.335 e. The number of hydrogen-bond donors (Lipinski definition) is 2. The average molecular weight is 285 g/mol. The van der Waals surface area contributed by atoms with Crippen LogP contribution < -0.4 is 0 Å². The molecule has 0 aliphatic carbocycles. The molecule has 6 nitrogen and oxygen atoms in total. The van der Waals surface area contributed by atoms with Gasteiger partial charge < -0.3 is 10.2 Å². The van der Waals surface area contributed by atoms with E-state index in [1.54, 1.807) is 0 Å². The third-order valence-electron chi connectivity index (χ3n) is 3.08. The number of benzene rings is 1. The quantitative estimate of drug-likeness (QED) is 0.844. The molecule has 0 radical (unpaired) electrons. The van der Waals surface area contributed by atoms with Gasteiger partial charge in [0, 0.05) is 13.1 Å². The number of carboxylic acids is 1. The molecule has 7 heteroatoms. The molecular formula is C12H15NO5S. The highest BCUT2D eigenvalue weighted by Gasteiger charge is 2.29. The topological polar surface area (TPSA) is 94.9 Å². The van der Waals surface area contributed by atoms with Crippen LogP contribution in [-0.4, -0.2) is 48.1 Å². The minimum Gasteiger partial charge on any atom is -0.478 e. The van der Waals surface area contributed by atoms with Crippen molar-refractivity contribution in [2.24, 2.45) is 0 Å². The molecule has 19 heavy (non-hydrogen) atoms. The largest absolute Gasteiger partial charge is 0.478 e. The van der Waals surface area contributed by atoms with Gasteiger partial charge in [0.25, 0.3) is 0 Å². The molecule has 104 valence electrons. The Hall–Kier alpha value is -1.44. The van der Waals surface area contributed by atoms with Crippen LogP contribution in [0.1, 0.15) is 23.2 Å². The van der Waals surface area contributed by atoms with Gasteiger partial charge in [-0.2, -0.15) is 4.31 Å². The number of aliphatic hydroxyl groups excluding tert-OH is 1. The van der Waals surface area contributed by atoms with Crippen molar-refractivity contribution in [1.82, 2.24) is 4.31 Å². The summed E-state index contributed by atoms with van der Waals surface area (Å²) in [6.07, 6.45) is 0.520. The third-order valence-corrected chi connectivity index (χ3v) is 4.94. The molecule has 2 N–H and O–H groups in total. The summed E-state index contributed by atoms with van der Waals surface area (Å²) in [5, 5.41) is 18.4. The van der Waals surface area contributed by atoms with E-state index in [1.807, 2.05) is 0 Å². The van der Waals surface area contributed by atoms with Crippen LogP contribution in [0.4, 0.5) is 0 Å². The van der Waals surface area contributed by atoms with Gasteiger partial charge in [-0.05, 0) is 31.0 Å². The monoisotopic (exact) mass is 285 g/mol. The van der Waals surface area contributed by atoms with E-state index in [4.69, 9.17) is 5.11 Å². The Balaban J connectivity index is 2.33. The van der Waals surface area contributed by atoms with Crippen LogP contribution in [0.25, 0.3) is 0 Å². The van der Waals surface area contributed by atoms with E-state index in [-0.39, 0.29) is 17.0 Å². The molecule has 1 aromatic carbocycles. The van der Waals surface area contributed by atoms with Crippen molar-refractivity contribution >= 4 is 16.0 Å². The summed E-state index contributed by atoms with van der Waals surface area (Å²) in [6, 6.07) is 5.24. The minimum atomic E-state index is -3.74. The molecule has 1 atom stereocenters. The van der Waals surface area contributed by atoms with Crippen LogP contribution >= 0.6 is 0 Å². The lowest BCUT2D eigenvalue weighted by Gasteiger charge is -2.29. The lowest BCUT2D eigenvalue weighted by atomic mass is 10.1. The Kier molecular flexibility index (Phi) is 3.88. The maximum Gasteiger partial charge on any atom is 0.335 e. The molecular weight excluding hydrogens is 270 g/mol. The predicted molar refractivity (Wildman–Crippen MR) is 67.4 cm³/mol. The zero-order chi connectivity index (χ0) is 14.0. The maximum absolute atomic E-state index is 12.3. The third kappa shape index (κ3) is 2.94. The average Bonchev–Trinajstić information content (AvgIpc) is 2.39. The van der Waals surface area contributed by atoms with E-state index in [1.165, 1.54) is 22.5 Å². The van der Waals surface area contributed by atoms with Crippen molar-refractivity contribution in [3.63, 3.8) is 0 Å². The highest BCUT2D eigenvalue weighted by Crippen LogP contribution is 2.21. The predicted octanol–water partition coefficient (Wildman–Crippen LogP) is 0.530. The van der Waals surface area contributed by atoms with Gasteiger partial charge in [0.1, 0.15) is 0 Å². The fourth-order valence-electron chi connectivity index (χ4n) is 2.08. The van der Waals surface area contributed by atoms with Crippen LogP contribution in [0.2, 0.25) is 0 Å². The lowest BCUT2D eigenvalue weighted by molar-refractivity contribution is 0.0696. The summed E-state index contributed by atoms with van der Waals surface area (Å²) in [5.41, 5.74) is -0.0707. The molecule has 1 aliphatic rings. The van der Waals surface area contributed by atoms with Crippen LogP contribution in [0.3, 0.4) is 0 Å². The number of aliphatic hydroxyl groups is 1. The van der Waals surface area contributed by atoms with Crippen LogP contribution in [0.5, 0.6) is 0 Å². The van der Waals surface area contributed by atoms with E-state index in [0.29, 0.717) is 19.4 Å². The molecule has 1 fully saturated rings. The van der Waals surface area contributed by atoms with Crippen LogP contribution in [-0.2, 0) is 10.0 Å². The standard InChI is InChI=1S/C12H15NO5S/c14-10-4-2-6-13(8-10)19(17,18)11-5-1-3-9(7-11)12(15)16/h1,3,5,7,10,14H,2,4,6,8H2,(H,15,16)/t10-/m0/s1.